The fourth-order valence-electron chi connectivity index (χ4n) is 1.60. The highest BCUT2D eigenvalue weighted by atomic mass is 19.4. The van der Waals surface area contributed by atoms with Crippen LogP contribution in [-0.2, 0) is 0 Å². The third-order valence-electron chi connectivity index (χ3n) is 2.30. The Morgan fingerprint density at radius 1 is 1.00 bits per heavy atom. The van der Waals surface area contributed by atoms with Crippen molar-refractivity contribution in [1.82, 2.24) is 4.90 Å². The Morgan fingerprint density at radius 3 is 1.62 bits per heavy atom. The number of hydrogen-bond acceptors (Lipinski definition) is 1. The van der Waals surface area contributed by atoms with Crippen molar-refractivity contribution in [3.8, 4) is 0 Å². The Hall–Kier alpha value is -0.250. The highest BCUT2D eigenvalue weighted by molar-refractivity contribution is 4.70. The SMILES string of the molecule is CN(C)C1CCCCC1.FC(F)F. The predicted octanol–water partition coefficient (Wildman–Crippen LogP) is 3.06. The second-order valence-corrected chi connectivity index (χ2v) is 3.50. The topological polar surface area (TPSA) is 3.24 Å². The molecular weight excluding hydrogens is 179 g/mol. The lowest BCUT2D eigenvalue weighted by atomic mass is 9.95. The van der Waals surface area contributed by atoms with Crippen molar-refractivity contribution >= 4 is 0 Å². The van der Waals surface area contributed by atoms with E-state index in [-0.39, 0.29) is 0 Å². The molecule has 1 rings (SSSR count). The maximum atomic E-state index is 9.67. The molecule has 1 nitrogen and oxygen atoms in total. The molecule has 0 amide bonds. The summed E-state index contributed by atoms with van der Waals surface area (Å²) >= 11 is 0. The lowest BCUT2D eigenvalue weighted by Gasteiger charge is -2.27. The van der Waals surface area contributed by atoms with E-state index in [9.17, 15) is 13.2 Å². The first kappa shape index (κ1) is 12.8. The van der Waals surface area contributed by atoms with Crippen LogP contribution in [0.2, 0.25) is 0 Å². The van der Waals surface area contributed by atoms with E-state index >= 15 is 0 Å². The summed E-state index contributed by atoms with van der Waals surface area (Å²) in [7, 11) is 4.38. The van der Waals surface area contributed by atoms with Crippen LogP contribution in [0.25, 0.3) is 0 Å². The molecule has 0 atom stereocenters. The summed E-state index contributed by atoms with van der Waals surface area (Å²) in [5.41, 5.74) is 0. The summed E-state index contributed by atoms with van der Waals surface area (Å²) < 4.78 is 29.0. The van der Waals surface area contributed by atoms with Gasteiger partial charge in [-0.05, 0) is 26.9 Å². The average molecular weight is 197 g/mol. The fraction of sp³-hybridized carbons (Fsp3) is 1.00. The summed E-state index contributed by atoms with van der Waals surface area (Å²) in [4.78, 5) is 2.36. The molecule has 0 radical (unpaired) electrons. The van der Waals surface area contributed by atoms with Gasteiger partial charge in [0.2, 0.25) is 0 Å². The molecule has 80 valence electrons. The maximum absolute atomic E-state index is 9.67. The zero-order chi connectivity index (χ0) is 10.3. The van der Waals surface area contributed by atoms with Gasteiger partial charge >= 0.3 is 6.68 Å². The Balaban J connectivity index is 0.000000310. The van der Waals surface area contributed by atoms with Crippen molar-refractivity contribution in [3.05, 3.63) is 0 Å². The highest BCUT2D eigenvalue weighted by Gasteiger charge is 2.13. The standard InChI is InChI=1S/C8H17N.CHF3/c1-9(2)8-6-4-3-5-7-8;2-1(3)4/h8H,3-7H2,1-2H3;1H. The van der Waals surface area contributed by atoms with Gasteiger partial charge in [0, 0.05) is 6.04 Å². The smallest absolute Gasteiger partial charge is 0.306 e. The maximum Gasteiger partial charge on any atom is 0.379 e. The van der Waals surface area contributed by atoms with Crippen LogP contribution in [0, 0.1) is 0 Å². The second kappa shape index (κ2) is 7.18. The third-order valence-corrected chi connectivity index (χ3v) is 2.30. The molecule has 4 heteroatoms. The summed E-state index contributed by atoms with van der Waals surface area (Å²) in [5, 5.41) is 0. The number of rotatable bonds is 1. The lowest BCUT2D eigenvalue weighted by Crippen LogP contribution is -2.29. The fourth-order valence-corrected chi connectivity index (χ4v) is 1.60. The van der Waals surface area contributed by atoms with E-state index < -0.39 is 6.68 Å². The van der Waals surface area contributed by atoms with E-state index in [1.54, 1.807) is 0 Å². The molecule has 0 N–H and O–H groups in total. The molecular formula is C9H18F3N. The first-order valence-corrected chi connectivity index (χ1v) is 4.62. The summed E-state index contributed by atoms with van der Waals surface area (Å²) in [6.07, 6.45) is 7.20. The number of hydrogen-bond donors (Lipinski definition) is 0. The molecule has 1 saturated carbocycles. The van der Waals surface area contributed by atoms with E-state index in [2.05, 4.69) is 19.0 Å². The Bertz CT molecular complexity index is 109. The molecule has 0 aromatic heterocycles. The molecule has 0 unspecified atom stereocenters. The zero-order valence-corrected chi connectivity index (χ0v) is 8.27. The van der Waals surface area contributed by atoms with Crippen LogP contribution in [0.1, 0.15) is 32.1 Å². The van der Waals surface area contributed by atoms with Crippen LogP contribution in [-0.4, -0.2) is 31.7 Å². The first-order chi connectivity index (χ1) is 6.04. The molecule has 0 bridgehead atoms. The molecule has 0 aromatic carbocycles. The second-order valence-electron chi connectivity index (χ2n) is 3.50. The van der Waals surface area contributed by atoms with E-state index in [1.807, 2.05) is 0 Å². The molecule has 1 fully saturated rings. The summed E-state index contributed by atoms with van der Waals surface area (Å²) in [6, 6.07) is 0.888. The average Bonchev–Trinajstić information content (AvgIpc) is 2.05. The molecule has 1 aliphatic rings. The number of halogens is 3. The van der Waals surface area contributed by atoms with Crippen molar-refractivity contribution < 1.29 is 13.2 Å². The van der Waals surface area contributed by atoms with E-state index in [4.69, 9.17) is 0 Å². The molecule has 0 aliphatic heterocycles. The van der Waals surface area contributed by atoms with Gasteiger partial charge in [0.15, 0.2) is 0 Å². The van der Waals surface area contributed by atoms with Gasteiger partial charge in [-0.2, -0.15) is 13.2 Å². The third kappa shape index (κ3) is 8.09. The molecule has 0 heterocycles. The van der Waals surface area contributed by atoms with Crippen LogP contribution in [0.3, 0.4) is 0 Å². The van der Waals surface area contributed by atoms with Crippen LogP contribution in [0.4, 0.5) is 13.2 Å². The Kier molecular flexibility index (Phi) is 7.04. The molecule has 0 saturated heterocycles. The largest absolute Gasteiger partial charge is 0.379 e. The minimum absolute atomic E-state index is 0.888. The normalized spacial score (nSPS) is 18.7. The monoisotopic (exact) mass is 197 g/mol. The van der Waals surface area contributed by atoms with Gasteiger partial charge in [-0.15, -0.1) is 0 Å². The van der Waals surface area contributed by atoms with E-state index in [1.165, 1.54) is 32.1 Å². The lowest BCUT2D eigenvalue weighted by molar-refractivity contribution is 0.00819. The van der Waals surface area contributed by atoms with Gasteiger partial charge in [0.1, 0.15) is 0 Å². The summed E-state index contributed by atoms with van der Waals surface area (Å²) in [6.45, 7) is -3.67. The van der Waals surface area contributed by atoms with Gasteiger partial charge in [0.05, 0.1) is 0 Å². The van der Waals surface area contributed by atoms with Crippen LogP contribution in [0.15, 0.2) is 0 Å². The van der Waals surface area contributed by atoms with Crippen molar-refractivity contribution in [2.24, 2.45) is 0 Å². The quantitative estimate of drug-likeness (QED) is 0.624. The van der Waals surface area contributed by atoms with E-state index in [0.717, 1.165) is 6.04 Å². The van der Waals surface area contributed by atoms with E-state index in [0.29, 0.717) is 0 Å². The number of alkyl halides is 3. The van der Waals surface area contributed by atoms with Crippen molar-refractivity contribution in [2.75, 3.05) is 14.1 Å². The molecule has 13 heavy (non-hydrogen) atoms. The number of nitrogens with zero attached hydrogens (tertiary/aromatic N) is 1. The Labute approximate surface area is 77.9 Å². The minimum atomic E-state index is -3.67. The zero-order valence-electron chi connectivity index (χ0n) is 8.27. The highest BCUT2D eigenvalue weighted by Crippen LogP contribution is 2.20. The van der Waals surface area contributed by atoms with Gasteiger partial charge in [0.25, 0.3) is 0 Å². The van der Waals surface area contributed by atoms with Gasteiger partial charge in [-0.25, -0.2) is 0 Å². The van der Waals surface area contributed by atoms with Gasteiger partial charge in [-0.3, -0.25) is 0 Å². The molecule has 0 aromatic rings. The first-order valence-electron chi connectivity index (χ1n) is 4.62. The summed E-state index contributed by atoms with van der Waals surface area (Å²) in [5.74, 6) is 0. The predicted molar refractivity (Wildman–Crippen MR) is 47.7 cm³/mol. The van der Waals surface area contributed by atoms with Gasteiger partial charge < -0.3 is 4.90 Å². The van der Waals surface area contributed by atoms with Crippen LogP contribution in [0.5, 0.6) is 0 Å². The minimum Gasteiger partial charge on any atom is -0.306 e. The van der Waals surface area contributed by atoms with Gasteiger partial charge in [-0.1, -0.05) is 19.3 Å². The van der Waals surface area contributed by atoms with Crippen LogP contribution < -0.4 is 0 Å². The van der Waals surface area contributed by atoms with Crippen molar-refractivity contribution in [1.29, 1.82) is 0 Å². The van der Waals surface area contributed by atoms with Crippen LogP contribution >= 0.6 is 0 Å². The van der Waals surface area contributed by atoms with Crippen molar-refractivity contribution in [3.63, 3.8) is 0 Å². The molecule has 1 aliphatic carbocycles. The molecule has 0 spiro atoms. The Morgan fingerprint density at radius 2 is 1.38 bits per heavy atom. The van der Waals surface area contributed by atoms with Crippen molar-refractivity contribution in [2.45, 2.75) is 44.8 Å².